The molecule has 144 valence electrons. The van der Waals surface area contributed by atoms with Gasteiger partial charge in [-0.15, -0.1) is 11.8 Å². The first kappa shape index (κ1) is 19.6. The zero-order valence-electron chi connectivity index (χ0n) is 15.9. The van der Waals surface area contributed by atoms with E-state index in [9.17, 15) is 4.79 Å². The second-order valence-corrected chi connectivity index (χ2v) is 7.50. The van der Waals surface area contributed by atoms with E-state index >= 15 is 0 Å². The Labute approximate surface area is 165 Å². The van der Waals surface area contributed by atoms with Gasteiger partial charge in [-0.05, 0) is 42.7 Å². The molecule has 0 radical (unpaired) electrons. The Balaban J connectivity index is 1.41. The van der Waals surface area contributed by atoms with Gasteiger partial charge in [0.25, 0.3) is 5.91 Å². The third-order valence-electron chi connectivity index (χ3n) is 4.86. The lowest BCUT2D eigenvalue weighted by molar-refractivity contribution is -0.917. The van der Waals surface area contributed by atoms with Crippen molar-refractivity contribution in [2.24, 2.45) is 0 Å². The molecule has 0 atom stereocenters. The number of piperazine rings is 1. The van der Waals surface area contributed by atoms with Gasteiger partial charge in [0.05, 0.1) is 33.3 Å². The maximum absolute atomic E-state index is 12.4. The van der Waals surface area contributed by atoms with Crippen molar-refractivity contribution >= 4 is 17.7 Å². The van der Waals surface area contributed by atoms with Crippen LogP contribution in [0.4, 0.5) is 0 Å². The molecule has 2 aromatic rings. The number of ether oxygens (including phenoxy) is 2. The molecule has 1 amide bonds. The molecule has 6 heteroatoms. The number of hydrogen-bond donors (Lipinski definition) is 1. The van der Waals surface area contributed by atoms with Crippen LogP contribution < -0.4 is 14.4 Å². The van der Waals surface area contributed by atoms with E-state index in [0.717, 1.165) is 38.5 Å². The summed E-state index contributed by atoms with van der Waals surface area (Å²) in [5.74, 6) is 1.51. The van der Waals surface area contributed by atoms with E-state index in [4.69, 9.17) is 9.47 Å². The first-order chi connectivity index (χ1) is 13.2. The molecular weight excluding hydrogens is 360 g/mol. The first-order valence-corrected chi connectivity index (χ1v) is 10.4. The number of nitrogens with one attached hydrogen (secondary N) is 1. The highest BCUT2D eigenvalue weighted by atomic mass is 32.2. The van der Waals surface area contributed by atoms with Crippen LogP contribution in [0.15, 0.2) is 53.4 Å². The van der Waals surface area contributed by atoms with Gasteiger partial charge in [-0.3, -0.25) is 4.79 Å². The van der Waals surface area contributed by atoms with Crippen molar-refractivity contribution in [3.05, 3.63) is 54.1 Å². The summed E-state index contributed by atoms with van der Waals surface area (Å²) in [5.41, 5.74) is 1.35. The van der Waals surface area contributed by atoms with Crippen LogP contribution in [-0.4, -0.2) is 57.0 Å². The first-order valence-electron chi connectivity index (χ1n) is 9.19. The molecule has 0 unspecified atom stereocenters. The molecule has 2 aromatic carbocycles. The summed E-state index contributed by atoms with van der Waals surface area (Å²) in [5, 5.41) is 0. The Morgan fingerprint density at radius 2 is 1.67 bits per heavy atom. The molecule has 1 N–H and O–H groups in total. The molecule has 1 aliphatic heterocycles. The molecule has 1 heterocycles. The van der Waals surface area contributed by atoms with E-state index in [-0.39, 0.29) is 12.5 Å². The quantitative estimate of drug-likeness (QED) is 0.735. The minimum absolute atomic E-state index is 0.0502. The van der Waals surface area contributed by atoms with E-state index in [1.165, 1.54) is 15.4 Å². The third kappa shape index (κ3) is 5.65. The summed E-state index contributed by atoms with van der Waals surface area (Å²) in [7, 11) is 1.63. The van der Waals surface area contributed by atoms with Crippen molar-refractivity contribution in [2.75, 3.05) is 46.2 Å². The van der Waals surface area contributed by atoms with Gasteiger partial charge in [-0.25, -0.2) is 0 Å². The number of hydrogen-bond acceptors (Lipinski definition) is 4. The van der Waals surface area contributed by atoms with Crippen molar-refractivity contribution in [2.45, 2.75) is 11.4 Å². The van der Waals surface area contributed by atoms with Crippen molar-refractivity contribution in [1.82, 2.24) is 4.90 Å². The van der Waals surface area contributed by atoms with Crippen LogP contribution in [-0.2, 0) is 11.3 Å². The Morgan fingerprint density at radius 1 is 1.04 bits per heavy atom. The summed E-state index contributed by atoms with van der Waals surface area (Å²) < 4.78 is 10.7. The fourth-order valence-electron chi connectivity index (χ4n) is 3.19. The maximum atomic E-state index is 12.4. The smallest absolute Gasteiger partial charge is 0.260 e. The predicted octanol–water partition coefficient (Wildman–Crippen LogP) is 1.72. The average molecular weight is 388 g/mol. The fourth-order valence-corrected chi connectivity index (χ4v) is 3.60. The molecule has 0 aliphatic carbocycles. The van der Waals surface area contributed by atoms with E-state index in [2.05, 4.69) is 30.5 Å². The average Bonchev–Trinajstić information content (AvgIpc) is 2.73. The Hall–Kier alpha value is -2.18. The van der Waals surface area contributed by atoms with Crippen molar-refractivity contribution in [1.29, 1.82) is 0 Å². The molecule has 5 nitrogen and oxygen atoms in total. The number of quaternary nitrogens is 1. The number of thioether (sulfide) groups is 1. The van der Waals surface area contributed by atoms with Crippen LogP contribution in [0.3, 0.4) is 0 Å². The van der Waals surface area contributed by atoms with Gasteiger partial charge in [-0.1, -0.05) is 12.1 Å². The monoisotopic (exact) mass is 387 g/mol. The van der Waals surface area contributed by atoms with Gasteiger partial charge in [0, 0.05) is 10.5 Å². The van der Waals surface area contributed by atoms with Gasteiger partial charge in [0.15, 0.2) is 6.61 Å². The van der Waals surface area contributed by atoms with E-state index < -0.39 is 0 Å². The zero-order valence-corrected chi connectivity index (χ0v) is 16.8. The molecule has 0 spiro atoms. The predicted molar refractivity (Wildman–Crippen MR) is 108 cm³/mol. The van der Waals surface area contributed by atoms with E-state index in [1.807, 2.05) is 29.2 Å². The Kier molecular flexibility index (Phi) is 7.01. The summed E-state index contributed by atoms with van der Waals surface area (Å²) in [4.78, 5) is 17.1. The molecule has 1 fully saturated rings. The highest BCUT2D eigenvalue weighted by Crippen LogP contribution is 2.17. The van der Waals surface area contributed by atoms with E-state index in [0.29, 0.717) is 5.75 Å². The lowest BCUT2D eigenvalue weighted by Gasteiger charge is -2.32. The number of methoxy groups -OCH3 is 1. The largest absolute Gasteiger partial charge is 0.497 e. The lowest BCUT2D eigenvalue weighted by atomic mass is 10.2. The number of rotatable bonds is 7. The maximum Gasteiger partial charge on any atom is 0.260 e. The number of carbonyl (C=O) groups excluding carboxylic acids is 1. The second-order valence-electron chi connectivity index (χ2n) is 6.62. The molecule has 3 rings (SSSR count). The molecule has 0 aromatic heterocycles. The van der Waals surface area contributed by atoms with Crippen molar-refractivity contribution in [3.8, 4) is 11.5 Å². The van der Waals surface area contributed by atoms with Crippen LogP contribution in [0, 0.1) is 0 Å². The van der Waals surface area contributed by atoms with Gasteiger partial charge in [-0.2, -0.15) is 0 Å². The topological polar surface area (TPSA) is 43.2 Å². The summed E-state index contributed by atoms with van der Waals surface area (Å²) in [6.07, 6.45) is 2.09. The van der Waals surface area contributed by atoms with Crippen LogP contribution in [0.5, 0.6) is 11.5 Å². The number of amides is 1. The SMILES string of the molecule is COc1ccc(OCC(=O)N2CC[NH+](Cc3ccc(SC)cc3)CC2)cc1. The van der Waals surface area contributed by atoms with Gasteiger partial charge in [0.1, 0.15) is 18.0 Å². The van der Waals surface area contributed by atoms with Gasteiger partial charge < -0.3 is 19.3 Å². The lowest BCUT2D eigenvalue weighted by Crippen LogP contribution is -3.13. The van der Waals surface area contributed by atoms with Crippen LogP contribution in [0.2, 0.25) is 0 Å². The highest BCUT2D eigenvalue weighted by molar-refractivity contribution is 7.98. The Morgan fingerprint density at radius 3 is 2.26 bits per heavy atom. The third-order valence-corrected chi connectivity index (χ3v) is 5.60. The molecule has 0 saturated carbocycles. The number of nitrogens with zero attached hydrogens (tertiary/aromatic N) is 1. The molecular formula is C21H27N2O3S+. The number of benzene rings is 2. The van der Waals surface area contributed by atoms with E-state index in [1.54, 1.807) is 18.9 Å². The number of carbonyl (C=O) groups is 1. The molecule has 27 heavy (non-hydrogen) atoms. The van der Waals surface area contributed by atoms with Gasteiger partial charge in [0.2, 0.25) is 0 Å². The summed E-state index contributed by atoms with van der Waals surface area (Å²) in [6, 6.07) is 16.1. The summed E-state index contributed by atoms with van der Waals surface area (Å²) in [6.45, 7) is 4.60. The Bertz CT molecular complexity index is 726. The standard InChI is InChI=1S/C21H26N2O3S/c1-25-18-5-7-19(8-6-18)26-16-21(24)23-13-11-22(12-14-23)15-17-3-9-20(27-2)10-4-17/h3-10H,11-16H2,1-2H3/p+1. The van der Waals surface area contributed by atoms with Crippen molar-refractivity contribution < 1.29 is 19.2 Å². The normalized spacial score (nSPS) is 14.8. The van der Waals surface area contributed by atoms with Crippen LogP contribution in [0.1, 0.15) is 5.56 Å². The van der Waals surface area contributed by atoms with Crippen molar-refractivity contribution in [3.63, 3.8) is 0 Å². The molecule has 0 bridgehead atoms. The highest BCUT2D eigenvalue weighted by Gasteiger charge is 2.24. The van der Waals surface area contributed by atoms with Crippen LogP contribution >= 0.6 is 11.8 Å². The fraction of sp³-hybridized carbons (Fsp3) is 0.381. The second kappa shape index (κ2) is 9.67. The molecule has 1 aliphatic rings. The molecule has 1 saturated heterocycles. The minimum Gasteiger partial charge on any atom is -0.497 e. The summed E-state index contributed by atoms with van der Waals surface area (Å²) >= 11 is 1.76. The van der Waals surface area contributed by atoms with Crippen LogP contribution in [0.25, 0.3) is 0 Å². The minimum atomic E-state index is 0.0502. The zero-order chi connectivity index (χ0) is 19.1. The van der Waals surface area contributed by atoms with Gasteiger partial charge >= 0.3 is 0 Å².